The van der Waals surface area contributed by atoms with Gasteiger partial charge in [-0.05, 0) is 55.3 Å². The Kier molecular flexibility index (Phi) is 5.56. The molecule has 0 radical (unpaired) electrons. The molecular weight excluding hydrogens is 411 g/mol. The number of hydrogen-bond donors (Lipinski definition) is 2. The van der Waals surface area contributed by atoms with Crippen LogP contribution in [0.15, 0.2) is 48.5 Å². The zero-order valence-corrected chi connectivity index (χ0v) is 16.7. The summed E-state index contributed by atoms with van der Waals surface area (Å²) in [5.74, 6) is -0.159. The van der Waals surface area contributed by atoms with Crippen molar-refractivity contribution < 1.29 is 14.3 Å². The van der Waals surface area contributed by atoms with Gasteiger partial charge in [0.2, 0.25) is 5.91 Å². The van der Waals surface area contributed by atoms with Crippen LogP contribution < -0.4 is 15.6 Å². The Morgan fingerprint density at radius 2 is 1.63 bits per heavy atom. The van der Waals surface area contributed by atoms with Crippen molar-refractivity contribution in [1.29, 1.82) is 0 Å². The van der Waals surface area contributed by atoms with Gasteiger partial charge >= 0.3 is 0 Å². The molecule has 0 bridgehead atoms. The SMILES string of the molecule is CC1(C(=O)NNC(=O)c2ccc(COc3ccc(Cl)cc3)cc2)CC1(Cl)Cl. The van der Waals surface area contributed by atoms with Crippen LogP contribution in [0.5, 0.6) is 5.75 Å². The molecule has 1 unspecified atom stereocenters. The molecule has 2 aromatic carbocycles. The van der Waals surface area contributed by atoms with Crippen LogP contribution in [0.3, 0.4) is 0 Å². The number of rotatable bonds is 5. The minimum absolute atomic E-state index is 0.340. The van der Waals surface area contributed by atoms with Gasteiger partial charge in [-0.25, -0.2) is 0 Å². The van der Waals surface area contributed by atoms with Gasteiger partial charge in [-0.15, -0.1) is 23.2 Å². The van der Waals surface area contributed by atoms with E-state index in [0.29, 0.717) is 29.4 Å². The van der Waals surface area contributed by atoms with E-state index in [2.05, 4.69) is 10.9 Å². The second-order valence-electron chi connectivity index (χ2n) is 6.56. The number of nitrogens with one attached hydrogen (secondary N) is 2. The molecule has 1 fully saturated rings. The first-order valence-corrected chi connectivity index (χ1v) is 9.31. The monoisotopic (exact) mass is 426 g/mol. The van der Waals surface area contributed by atoms with Gasteiger partial charge < -0.3 is 4.74 Å². The number of benzene rings is 2. The lowest BCUT2D eigenvalue weighted by molar-refractivity contribution is -0.126. The highest BCUT2D eigenvalue weighted by molar-refractivity contribution is 6.53. The summed E-state index contributed by atoms with van der Waals surface area (Å²) in [6.45, 7) is 2.00. The minimum Gasteiger partial charge on any atom is -0.489 e. The van der Waals surface area contributed by atoms with E-state index in [1.54, 1.807) is 55.5 Å². The predicted molar refractivity (Wildman–Crippen MR) is 105 cm³/mol. The Balaban J connectivity index is 1.50. The number of alkyl halides is 2. The molecule has 0 spiro atoms. The highest BCUT2D eigenvalue weighted by Gasteiger charge is 2.68. The van der Waals surface area contributed by atoms with Crippen LogP contribution in [0.25, 0.3) is 0 Å². The lowest BCUT2D eigenvalue weighted by Gasteiger charge is -2.13. The molecule has 0 aromatic heterocycles. The van der Waals surface area contributed by atoms with E-state index in [9.17, 15) is 9.59 Å². The molecule has 0 aliphatic heterocycles. The summed E-state index contributed by atoms with van der Waals surface area (Å²) in [5, 5.41) is 0.642. The molecule has 5 nitrogen and oxygen atoms in total. The molecule has 27 heavy (non-hydrogen) atoms. The fourth-order valence-corrected chi connectivity index (χ4v) is 3.25. The van der Waals surface area contributed by atoms with Crippen molar-refractivity contribution in [3.8, 4) is 5.75 Å². The first kappa shape index (κ1) is 19.8. The van der Waals surface area contributed by atoms with Crippen LogP contribution in [-0.4, -0.2) is 16.1 Å². The third-order valence-corrected chi connectivity index (χ3v) is 5.84. The Hall–Kier alpha value is -1.95. The molecular formula is C19H17Cl3N2O3. The Bertz CT molecular complexity index is 854. The number of hydrazine groups is 1. The zero-order chi connectivity index (χ0) is 19.7. The molecule has 1 atom stereocenters. The molecule has 3 rings (SSSR count). The smallest absolute Gasteiger partial charge is 0.269 e. The van der Waals surface area contributed by atoms with Crippen LogP contribution >= 0.6 is 34.8 Å². The van der Waals surface area contributed by atoms with E-state index >= 15 is 0 Å². The van der Waals surface area contributed by atoms with Gasteiger partial charge in [0.25, 0.3) is 5.91 Å². The van der Waals surface area contributed by atoms with Crippen molar-refractivity contribution in [1.82, 2.24) is 10.9 Å². The quantitative estimate of drug-likeness (QED) is 0.553. The summed E-state index contributed by atoms with van der Waals surface area (Å²) < 4.78 is 4.56. The van der Waals surface area contributed by atoms with Gasteiger partial charge in [0, 0.05) is 10.6 Å². The molecule has 0 heterocycles. The van der Waals surface area contributed by atoms with Crippen molar-refractivity contribution in [3.05, 3.63) is 64.7 Å². The van der Waals surface area contributed by atoms with E-state index < -0.39 is 21.6 Å². The Labute approximate surface area is 171 Å². The van der Waals surface area contributed by atoms with E-state index in [1.807, 2.05) is 0 Å². The van der Waals surface area contributed by atoms with Crippen molar-refractivity contribution in [2.75, 3.05) is 0 Å². The molecule has 1 saturated carbocycles. The second-order valence-corrected chi connectivity index (χ2v) is 8.48. The number of amides is 2. The maximum atomic E-state index is 12.1. The van der Waals surface area contributed by atoms with E-state index in [4.69, 9.17) is 39.5 Å². The molecule has 142 valence electrons. The number of ether oxygens (including phenoxy) is 1. The van der Waals surface area contributed by atoms with Crippen LogP contribution in [0.2, 0.25) is 5.02 Å². The van der Waals surface area contributed by atoms with Gasteiger partial charge in [0.15, 0.2) is 0 Å². The summed E-state index contributed by atoms with van der Waals surface area (Å²) in [7, 11) is 0. The summed E-state index contributed by atoms with van der Waals surface area (Å²) in [6, 6.07) is 13.9. The average molecular weight is 428 g/mol. The molecule has 1 aliphatic rings. The minimum atomic E-state index is -1.09. The van der Waals surface area contributed by atoms with Crippen molar-refractivity contribution >= 4 is 46.6 Å². The van der Waals surface area contributed by atoms with E-state index in [-0.39, 0.29) is 0 Å². The highest BCUT2D eigenvalue weighted by Crippen LogP contribution is 2.63. The number of carbonyl (C=O) groups is 2. The third-order valence-electron chi connectivity index (χ3n) is 4.48. The molecule has 2 N–H and O–H groups in total. The topological polar surface area (TPSA) is 67.4 Å². The summed E-state index contributed by atoms with van der Waals surface area (Å²) in [4.78, 5) is 24.2. The Morgan fingerprint density at radius 1 is 1.04 bits per heavy atom. The normalized spacial score (nSPS) is 19.9. The highest BCUT2D eigenvalue weighted by atomic mass is 35.5. The van der Waals surface area contributed by atoms with E-state index in [1.165, 1.54) is 0 Å². The second kappa shape index (κ2) is 7.58. The van der Waals surface area contributed by atoms with Crippen molar-refractivity contribution in [2.24, 2.45) is 5.41 Å². The molecule has 0 saturated heterocycles. The van der Waals surface area contributed by atoms with Gasteiger partial charge in [0.1, 0.15) is 16.7 Å². The fraction of sp³-hybridized carbons (Fsp3) is 0.263. The third kappa shape index (κ3) is 4.49. The maximum absolute atomic E-state index is 12.1. The lowest BCUT2D eigenvalue weighted by atomic mass is 10.1. The number of hydrogen-bond acceptors (Lipinski definition) is 3. The summed E-state index contributed by atoms with van der Waals surface area (Å²) >= 11 is 17.7. The first-order chi connectivity index (χ1) is 12.7. The lowest BCUT2D eigenvalue weighted by Crippen LogP contribution is -2.45. The molecule has 2 aromatic rings. The van der Waals surface area contributed by atoms with Gasteiger partial charge in [-0.1, -0.05) is 23.7 Å². The van der Waals surface area contributed by atoms with Gasteiger partial charge in [-0.2, -0.15) is 0 Å². The predicted octanol–water partition coefficient (Wildman–Crippen LogP) is 4.26. The van der Waals surface area contributed by atoms with Gasteiger partial charge in [0.05, 0.1) is 5.41 Å². The standard InChI is InChI=1S/C19H17Cl3N2O3/c1-18(11-19(18,21)22)17(26)24-23-16(25)13-4-2-12(3-5-13)10-27-15-8-6-14(20)7-9-15/h2-9H,10-11H2,1H3,(H,23,25)(H,24,26). The molecule has 8 heteroatoms. The molecule has 2 amide bonds. The number of carbonyl (C=O) groups excluding carboxylic acids is 2. The van der Waals surface area contributed by atoms with Crippen LogP contribution in [-0.2, 0) is 11.4 Å². The van der Waals surface area contributed by atoms with Crippen LogP contribution in [0.4, 0.5) is 0 Å². The summed E-state index contributed by atoms with van der Waals surface area (Å²) in [6.07, 6.45) is 0.340. The van der Waals surface area contributed by atoms with Gasteiger partial charge in [-0.3, -0.25) is 20.4 Å². The maximum Gasteiger partial charge on any atom is 0.269 e. The number of halogens is 3. The first-order valence-electron chi connectivity index (χ1n) is 8.17. The van der Waals surface area contributed by atoms with Crippen LogP contribution in [0, 0.1) is 5.41 Å². The van der Waals surface area contributed by atoms with Crippen LogP contribution in [0.1, 0.15) is 29.3 Å². The van der Waals surface area contributed by atoms with E-state index in [0.717, 1.165) is 5.56 Å². The largest absolute Gasteiger partial charge is 0.489 e. The fourth-order valence-electron chi connectivity index (χ4n) is 2.42. The zero-order valence-electron chi connectivity index (χ0n) is 14.4. The van der Waals surface area contributed by atoms with Crippen molar-refractivity contribution in [2.45, 2.75) is 24.3 Å². The average Bonchev–Trinajstić information content (AvgIpc) is 3.18. The Morgan fingerprint density at radius 3 is 2.19 bits per heavy atom. The summed E-state index contributed by atoms with van der Waals surface area (Å²) in [5.41, 5.74) is 5.12. The van der Waals surface area contributed by atoms with Crippen molar-refractivity contribution in [3.63, 3.8) is 0 Å². The molecule has 1 aliphatic carbocycles.